The van der Waals surface area contributed by atoms with Gasteiger partial charge in [0, 0.05) is 18.1 Å². The minimum atomic E-state index is 0.854. The average Bonchev–Trinajstić information content (AvgIpc) is 2.85. The highest BCUT2D eigenvalue weighted by Crippen LogP contribution is 2.27. The van der Waals surface area contributed by atoms with E-state index in [2.05, 4.69) is 63.4 Å². The summed E-state index contributed by atoms with van der Waals surface area (Å²) in [7, 11) is 2.03. The number of imidazole rings is 1. The lowest BCUT2D eigenvalue weighted by molar-refractivity contribution is 0.959. The van der Waals surface area contributed by atoms with Crippen LogP contribution in [0.3, 0.4) is 0 Å². The van der Waals surface area contributed by atoms with E-state index in [1.807, 2.05) is 25.2 Å². The highest BCUT2D eigenvalue weighted by Gasteiger charge is 2.08. The van der Waals surface area contributed by atoms with Crippen molar-refractivity contribution < 1.29 is 0 Å². The summed E-state index contributed by atoms with van der Waals surface area (Å²) in [6.07, 6.45) is 0. The van der Waals surface area contributed by atoms with Crippen molar-refractivity contribution in [3.63, 3.8) is 0 Å². The quantitative estimate of drug-likeness (QED) is 0.584. The standard InChI is InChI=1S/C18H15N3/c1-21-17-12-5-4-10-16(17)20-18(21)19-15-11-6-8-13-7-2-3-9-14(13)15/h2-12H,1H3,(H,19,20). The molecule has 3 heteroatoms. The van der Waals surface area contributed by atoms with Crippen LogP contribution in [-0.4, -0.2) is 9.55 Å². The van der Waals surface area contributed by atoms with Gasteiger partial charge in [-0.05, 0) is 23.6 Å². The van der Waals surface area contributed by atoms with Gasteiger partial charge in [0.1, 0.15) is 0 Å². The first-order valence-corrected chi connectivity index (χ1v) is 6.99. The van der Waals surface area contributed by atoms with Crippen molar-refractivity contribution >= 4 is 33.4 Å². The molecular formula is C18H15N3. The van der Waals surface area contributed by atoms with Crippen LogP contribution in [0.4, 0.5) is 11.6 Å². The fourth-order valence-electron chi connectivity index (χ4n) is 2.71. The number of fused-ring (bicyclic) bond motifs is 2. The first kappa shape index (κ1) is 12.0. The summed E-state index contributed by atoms with van der Waals surface area (Å²) in [5, 5.41) is 5.88. The lowest BCUT2D eigenvalue weighted by atomic mass is 10.1. The van der Waals surface area contributed by atoms with Gasteiger partial charge in [0.2, 0.25) is 5.95 Å². The zero-order chi connectivity index (χ0) is 14.2. The van der Waals surface area contributed by atoms with Gasteiger partial charge >= 0.3 is 0 Å². The van der Waals surface area contributed by atoms with Crippen LogP contribution in [-0.2, 0) is 7.05 Å². The van der Waals surface area contributed by atoms with Crippen molar-refractivity contribution in [1.82, 2.24) is 9.55 Å². The van der Waals surface area contributed by atoms with Crippen LogP contribution < -0.4 is 5.32 Å². The van der Waals surface area contributed by atoms with Gasteiger partial charge in [-0.1, -0.05) is 48.5 Å². The summed E-state index contributed by atoms with van der Waals surface area (Å²) >= 11 is 0. The Labute approximate surface area is 122 Å². The molecule has 102 valence electrons. The predicted octanol–water partition coefficient (Wildman–Crippen LogP) is 4.47. The van der Waals surface area contributed by atoms with Crippen LogP contribution >= 0.6 is 0 Å². The molecule has 0 spiro atoms. The molecule has 0 amide bonds. The Balaban J connectivity index is 1.85. The third-order valence-corrected chi connectivity index (χ3v) is 3.82. The van der Waals surface area contributed by atoms with Crippen molar-refractivity contribution in [2.45, 2.75) is 0 Å². The SMILES string of the molecule is Cn1c(Nc2cccc3ccccc23)nc2ccccc21. The Morgan fingerprint density at radius 3 is 2.52 bits per heavy atom. The van der Waals surface area contributed by atoms with Gasteiger partial charge in [-0.2, -0.15) is 0 Å². The van der Waals surface area contributed by atoms with Crippen LogP contribution in [0.15, 0.2) is 66.7 Å². The first-order valence-electron chi connectivity index (χ1n) is 6.99. The Morgan fingerprint density at radius 2 is 1.62 bits per heavy atom. The van der Waals surface area contributed by atoms with Gasteiger partial charge < -0.3 is 9.88 Å². The smallest absolute Gasteiger partial charge is 0.208 e. The van der Waals surface area contributed by atoms with Gasteiger partial charge in [0.05, 0.1) is 11.0 Å². The summed E-state index contributed by atoms with van der Waals surface area (Å²) in [4.78, 5) is 4.67. The summed E-state index contributed by atoms with van der Waals surface area (Å²) in [5.74, 6) is 0.854. The fourth-order valence-corrected chi connectivity index (χ4v) is 2.71. The molecule has 1 N–H and O–H groups in total. The van der Waals surface area contributed by atoms with Crippen molar-refractivity contribution in [3.8, 4) is 0 Å². The second-order valence-electron chi connectivity index (χ2n) is 5.13. The highest BCUT2D eigenvalue weighted by atomic mass is 15.2. The largest absolute Gasteiger partial charge is 0.325 e. The predicted molar refractivity (Wildman–Crippen MR) is 87.9 cm³/mol. The highest BCUT2D eigenvalue weighted by molar-refractivity contribution is 5.95. The van der Waals surface area contributed by atoms with Crippen LogP contribution in [0.25, 0.3) is 21.8 Å². The second kappa shape index (κ2) is 4.63. The van der Waals surface area contributed by atoms with Crippen molar-refractivity contribution in [2.75, 3.05) is 5.32 Å². The third kappa shape index (κ3) is 1.94. The fraction of sp³-hybridized carbons (Fsp3) is 0.0556. The first-order chi connectivity index (χ1) is 10.3. The van der Waals surface area contributed by atoms with E-state index >= 15 is 0 Å². The molecule has 4 aromatic rings. The minimum absolute atomic E-state index is 0.854. The lowest BCUT2D eigenvalue weighted by Gasteiger charge is -2.09. The number of hydrogen-bond acceptors (Lipinski definition) is 2. The topological polar surface area (TPSA) is 29.9 Å². The lowest BCUT2D eigenvalue weighted by Crippen LogP contribution is -1.99. The van der Waals surface area contributed by atoms with Gasteiger partial charge in [-0.15, -0.1) is 0 Å². The van der Waals surface area contributed by atoms with E-state index in [1.165, 1.54) is 10.8 Å². The summed E-state index contributed by atoms with van der Waals surface area (Å²) in [5.41, 5.74) is 3.20. The molecule has 0 aliphatic rings. The Morgan fingerprint density at radius 1 is 0.857 bits per heavy atom. The molecule has 4 rings (SSSR count). The van der Waals surface area contributed by atoms with Crippen molar-refractivity contribution in [3.05, 3.63) is 66.7 Å². The molecule has 0 aliphatic heterocycles. The molecule has 1 heterocycles. The molecule has 0 bridgehead atoms. The molecule has 0 aliphatic carbocycles. The number of aromatic nitrogens is 2. The Bertz CT molecular complexity index is 932. The van der Waals surface area contributed by atoms with E-state index in [1.54, 1.807) is 0 Å². The Hall–Kier alpha value is -2.81. The molecule has 21 heavy (non-hydrogen) atoms. The van der Waals surface area contributed by atoms with Gasteiger partial charge in [0.15, 0.2) is 0 Å². The maximum atomic E-state index is 4.67. The summed E-state index contributed by atoms with van der Waals surface area (Å²) in [6, 6.07) is 22.8. The number of aryl methyl sites for hydroxylation is 1. The normalized spacial score (nSPS) is 11.1. The van der Waals surface area contributed by atoms with Gasteiger partial charge in [-0.3, -0.25) is 0 Å². The number of benzene rings is 3. The summed E-state index contributed by atoms with van der Waals surface area (Å²) < 4.78 is 2.08. The third-order valence-electron chi connectivity index (χ3n) is 3.82. The van der Waals surface area contributed by atoms with Gasteiger partial charge in [0.25, 0.3) is 0 Å². The maximum Gasteiger partial charge on any atom is 0.208 e. The van der Waals surface area contributed by atoms with Gasteiger partial charge in [-0.25, -0.2) is 4.98 Å². The van der Waals surface area contributed by atoms with Crippen LogP contribution in [0.5, 0.6) is 0 Å². The van der Waals surface area contributed by atoms with Crippen LogP contribution in [0.1, 0.15) is 0 Å². The molecule has 0 unspecified atom stereocenters. The van der Waals surface area contributed by atoms with E-state index in [4.69, 9.17) is 0 Å². The maximum absolute atomic E-state index is 4.67. The zero-order valence-corrected chi connectivity index (χ0v) is 11.7. The zero-order valence-electron chi connectivity index (χ0n) is 11.7. The Kier molecular flexibility index (Phi) is 2.64. The number of hydrogen-bond donors (Lipinski definition) is 1. The number of anilines is 2. The van der Waals surface area contributed by atoms with E-state index in [0.717, 1.165) is 22.7 Å². The molecule has 0 radical (unpaired) electrons. The minimum Gasteiger partial charge on any atom is -0.325 e. The monoisotopic (exact) mass is 273 g/mol. The van der Waals surface area contributed by atoms with Crippen LogP contribution in [0.2, 0.25) is 0 Å². The van der Waals surface area contributed by atoms with Crippen molar-refractivity contribution in [2.24, 2.45) is 7.05 Å². The van der Waals surface area contributed by atoms with E-state index < -0.39 is 0 Å². The molecular weight excluding hydrogens is 258 g/mol. The molecule has 0 fully saturated rings. The molecule has 1 aromatic heterocycles. The van der Waals surface area contributed by atoms with E-state index in [0.29, 0.717) is 0 Å². The average molecular weight is 273 g/mol. The number of rotatable bonds is 2. The van der Waals surface area contributed by atoms with E-state index in [-0.39, 0.29) is 0 Å². The molecule has 3 nitrogen and oxygen atoms in total. The second-order valence-corrected chi connectivity index (χ2v) is 5.13. The van der Waals surface area contributed by atoms with Crippen molar-refractivity contribution in [1.29, 1.82) is 0 Å². The molecule has 0 atom stereocenters. The summed E-state index contributed by atoms with van der Waals surface area (Å²) in [6.45, 7) is 0. The van der Waals surface area contributed by atoms with E-state index in [9.17, 15) is 0 Å². The molecule has 3 aromatic carbocycles. The van der Waals surface area contributed by atoms with Crippen LogP contribution in [0, 0.1) is 0 Å². The number of para-hydroxylation sites is 2. The molecule has 0 saturated heterocycles. The number of nitrogens with one attached hydrogen (secondary N) is 1. The molecule has 0 saturated carbocycles. The number of nitrogens with zero attached hydrogens (tertiary/aromatic N) is 2.